The van der Waals surface area contributed by atoms with Crippen molar-refractivity contribution in [2.24, 2.45) is 0 Å². The third kappa shape index (κ3) is 3.68. The number of rotatable bonds is 3. The van der Waals surface area contributed by atoms with Crippen LogP contribution in [0, 0.1) is 11.8 Å². The third-order valence-corrected chi connectivity index (χ3v) is 4.34. The zero-order valence-electron chi connectivity index (χ0n) is 13.4. The molecule has 0 radical (unpaired) electrons. The van der Waals surface area contributed by atoms with Crippen molar-refractivity contribution in [1.29, 1.82) is 0 Å². The summed E-state index contributed by atoms with van der Waals surface area (Å²) in [6.07, 6.45) is 0. The molecule has 6 nitrogen and oxygen atoms in total. The molecule has 1 amide bonds. The molecule has 0 N–H and O–H groups in total. The highest BCUT2D eigenvalue weighted by Crippen LogP contribution is 2.18. The van der Waals surface area contributed by atoms with Gasteiger partial charge in [-0.15, -0.1) is 5.10 Å². The van der Waals surface area contributed by atoms with E-state index in [1.165, 1.54) is 4.68 Å². The lowest BCUT2D eigenvalue weighted by Gasteiger charge is -2.32. The van der Waals surface area contributed by atoms with Crippen LogP contribution in [0.2, 0.25) is 0 Å². The molecule has 0 bridgehead atoms. The van der Waals surface area contributed by atoms with Crippen LogP contribution in [0.5, 0.6) is 0 Å². The molecule has 1 aromatic heterocycles. The number of aryl methyl sites for hydroxylation is 1. The van der Waals surface area contributed by atoms with Gasteiger partial charge in [0.15, 0.2) is 0 Å². The molecule has 1 fully saturated rings. The van der Waals surface area contributed by atoms with E-state index in [9.17, 15) is 4.79 Å². The molecule has 1 aromatic carbocycles. The van der Waals surface area contributed by atoms with Crippen LogP contribution in [0.4, 0.5) is 0 Å². The highest BCUT2D eigenvalue weighted by molar-refractivity contribution is 7.71. The van der Waals surface area contributed by atoms with Gasteiger partial charge in [-0.2, -0.15) is 0 Å². The minimum Gasteiger partial charge on any atom is -0.409 e. The Hall–Kier alpha value is -1.99. The van der Waals surface area contributed by atoms with Crippen molar-refractivity contribution in [1.82, 2.24) is 19.6 Å². The van der Waals surface area contributed by atoms with Crippen LogP contribution >= 0.6 is 12.2 Å². The largest absolute Gasteiger partial charge is 0.409 e. The zero-order chi connectivity index (χ0) is 16.4. The maximum atomic E-state index is 12.4. The first kappa shape index (κ1) is 15.9. The van der Waals surface area contributed by atoms with Crippen molar-refractivity contribution in [3.05, 3.63) is 34.7 Å². The van der Waals surface area contributed by atoms with Crippen molar-refractivity contribution in [2.75, 3.05) is 33.2 Å². The number of carbonyl (C=O) groups is 1. The predicted octanol–water partition coefficient (Wildman–Crippen LogP) is 1.96. The Morgan fingerprint density at radius 1 is 1.22 bits per heavy atom. The summed E-state index contributed by atoms with van der Waals surface area (Å²) < 4.78 is 7.00. The molecule has 1 saturated heterocycles. The number of aromatic nitrogens is 2. The van der Waals surface area contributed by atoms with E-state index in [2.05, 4.69) is 17.0 Å². The molecule has 23 heavy (non-hydrogen) atoms. The minimum absolute atomic E-state index is 0.0259. The van der Waals surface area contributed by atoms with Gasteiger partial charge in [0.1, 0.15) is 6.54 Å². The lowest BCUT2D eigenvalue weighted by molar-refractivity contribution is -0.133. The Labute approximate surface area is 140 Å². The van der Waals surface area contributed by atoms with Gasteiger partial charge in [0.25, 0.3) is 4.84 Å². The van der Waals surface area contributed by atoms with Crippen LogP contribution in [0.1, 0.15) is 5.56 Å². The fourth-order valence-electron chi connectivity index (χ4n) is 2.50. The molecule has 0 aliphatic carbocycles. The molecule has 0 atom stereocenters. The zero-order valence-corrected chi connectivity index (χ0v) is 14.2. The van der Waals surface area contributed by atoms with E-state index in [-0.39, 0.29) is 17.3 Å². The third-order valence-electron chi connectivity index (χ3n) is 4.05. The SMILES string of the molecule is Cc1ccc(-c2nn(CC(=O)N3CCN(C)CC3)c(=S)o2)cc1. The minimum atomic E-state index is 0.0259. The number of carbonyl (C=O) groups excluding carboxylic acids is 1. The van der Waals surface area contributed by atoms with Crippen LogP contribution in [0.15, 0.2) is 28.7 Å². The highest BCUT2D eigenvalue weighted by atomic mass is 32.1. The summed E-state index contributed by atoms with van der Waals surface area (Å²) in [7, 11) is 2.06. The Morgan fingerprint density at radius 3 is 2.52 bits per heavy atom. The summed E-state index contributed by atoms with van der Waals surface area (Å²) in [5, 5.41) is 4.35. The molecular weight excluding hydrogens is 312 g/mol. The van der Waals surface area contributed by atoms with E-state index in [4.69, 9.17) is 16.6 Å². The lowest BCUT2D eigenvalue weighted by Crippen LogP contribution is -2.48. The second kappa shape index (κ2) is 6.64. The number of piperazine rings is 1. The topological polar surface area (TPSA) is 54.5 Å². The molecule has 3 rings (SSSR count). The summed E-state index contributed by atoms with van der Waals surface area (Å²) in [4.78, 5) is 16.7. The van der Waals surface area contributed by atoms with Crippen LogP contribution in [0.25, 0.3) is 11.5 Å². The van der Waals surface area contributed by atoms with Gasteiger partial charge in [0.2, 0.25) is 11.8 Å². The Balaban J connectivity index is 1.72. The molecule has 2 aromatic rings. The molecule has 7 heteroatoms. The van der Waals surface area contributed by atoms with Gasteiger partial charge in [-0.3, -0.25) is 4.79 Å². The predicted molar refractivity (Wildman–Crippen MR) is 89.6 cm³/mol. The van der Waals surface area contributed by atoms with Gasteiger partial charge < -0.3 is 14.2 Å². The molecule has 0 saturated carbocycles. The van der Waals surface area contributed by atoms with Crippen molar-refractivity contribution < 1.29 is 9.21 Å². The van der Waals surface area contributed by atoms with Crippen LogP contribution in [-0.4, -0.2) is 58.7 Å². The van der Waals surface area contributed by atoms with Crippen LogP contribution in [-0.2, 0) is 11.3 Å². The molecule has 0 spiro atoms. The molecule has 122 valence electrons. The van der Waals surface area contributed by atoms with Crippen molar-refractivity contribution in [3.63, 3.8) is 0 Å². The van der Waals surface area contributed by atoms with Gasteiger partial charge >= 0.3 is 0 Å². The first-order valence-electron chi connectivity index (χ1n) is 7.64. The molecule has 2 heterocycles. The second-order valence-corrected chi connectivity index (χ2v) is 6.23. The number of benzene rings is 1. The van der Waals surface area contributed by atoms with E-state index in [0.29, 0.717) is 5.89 Å². The summed E-state index contributed by atoms with van der Waals surface area (Å²) >= 11 is 5.19. The molecular formula is C16H20N4O2S. The van der Waals surface area contributed by atoms with E-state index in [0.717, 1.165) is 37.3 Å². The number of amides is 1. The quantitative estimate of drug-likeness (QED) is 0.804. The smallest absolute Gasteiger partial charge is 0.287 e. The van der Waals surface area contributed by atoms with Crippen LogP contribution < -0.4 is 0 Å². The standard InChI is InChI=1S/C16H20N4O2S/c1-12-3-5-13(6-4-12)15-17-20(16(23)22-15)11-14(21)19-9-7-18(2)8-10-19/h3-6H,7-11H2,1-2H3. The first-order valence-corrected chi connectivity index (χ1v) is 8.05. The van der Waals surface area contributed by atoms with Crippen molar-refractivity contribution >= 4 is 18.1 Å². The number of hydrogen-bond acceptors (Lipinski definition) is 5. The highest BCUT2D eigenvalue weighted by Gasteiger charge is 2.20. The average Bonchev–Trinajstić information content (AvgIpc) is 2.89. The Kier molecular flexibility index (Phi) is 4.58. The lowest BCUT2D eigenvalue weighted by atomic mass is 10.1. The number of hydrogen-bond donors (Lipinski definition) is 0. The second-order valence-electron chi connectivity index (χ2n) is 5.88. The first-order chi connectivity index (χ1) is 11.0. The van der Waals surface area contributed by atoms with Gasteiger partial charge in [-0.25, -0.2) is 4.68 Å². The summed E-state index contributed by atoms with van der Waals surface area (Å²) in [6, 6.07) is 7.84. The van der Waals surface area contributed by atoms with Crippen molar-refractivity contribution in [2.45, 2.75) is 13.5 Å². The normalized spacial score (nSPS) is 15.8. The van der Waals surface area contributed by atoms with E-state index in [1.54, 1.807) is 0 Å². The average molecular weight is 332 g/mol. The molecule has 1 aliphatic rings. The summed E-state index contributed by atoms with van der Waals surface area (Å²) in [5.41, 5.74) is 2.02. The van der Waals surface area contributed by atoms with Crippen LogP contribution in [0.3, 0.4) is 0 Å². The van der Waals surface area contributed by atoms with E-state index >= 15 is 0 Å². The maximum Gasteiger partial charge on any atom is 0.287 e. The van der Waals surface area contributed by atoms with Gasteiger partial charge in [0.05, 0.1) is 0 Å². The monoisotopic (exact) mass is 332 g/mol. The fraction of sp³-hybridized carbons (Fsp3) is 0.438. The van der Waals surface area contributed by atoms with E-state index in [1.807, 2.05) is 36.1 Å². The Bertz CT molecular complexity index is 742. The van der Waals surface area contributed by atoms with Gasteiger partial charge in [0, 0.05) is 31.7 Å². The Morgan fingerprint density at radius 2 is 1.87 bits per heavy atom. The van der Waals surface area contributed by atoms with Gasteiger partial charge in [-0.05, 0) is 38.3 Å². The van der Waals surface area contributed by atoms with E-state index < -0.39 is 0 Å². The fourth-order valence-corrected chi connectivity index (χ4v) is 2.69. The molecule has 1 aliphatic heterocycles. The van der Waals surface area contributed by atoms with Gasteiger partial charge in [-0.1, -0.05) is 17.7 Å². The maximum absolute atomic E-state index is 12.4. The number of nitrogens with zero attached hydrogens (tertiary/aromatic N) is 4. The van der Waals surface area contributed by atoms with Crippen molar-refractivity contribution in [3.8, 4) is 11.5 Å². The number of likely N-dealkylation sites (N-methyl/N-ethyl adjacent to an activating group) is 1. The summed E-state index contributed by atoms with van der Waals surface area (Å²) in [6.45, 7) is 5.41. The molecule has 0 unspecified atom stereocenters. The summed E-state index contributed by atoms with van der Waals surface area (Å²) in [5.74, 6) is 0.471.